The Morgan fingerprint density at radius 1 is 1.10 bits per heavy atom. The van der Waals surface area contributed by atoms with Gasteiger partial charge in [-0.15, -0.1) is 0 Å². The number of hydrogen-bond donors (Lipinski definition) is 1. The number of hydrogen-bond acceptors (Lipinski definition) is 2. The Labute approximate surface area is 121 Å². The van der Waals surface area contributed by atoms with Crippen molar-refractivity contribution in [3.05, 3.63) is 71.4 Å². The Kier molecular flexibility index (Phi) is 3.28. The third-order valence-corrected chi connectivity index (χ3v) is 3.50. The van der Waals surface area contributed by atoms with Gasteiger partial charge in [0, 0.05) is 29.2 Å². The van der Waals surface area contributed by atoms with Crippen LogP contribution in [0.2, 0.25) is 0 Å². The van der Waals surface area contributed by atoms with Gasteiger partial charge in [-0.3, -0.25) is 4.79 Å². The number of carboxylic acid groups (broad SMARTS) is 1. The first-order chi connectivity index (χ1) is 10.2. The second-order valence-electron chi connectivity index (χ2n) is 4.85. The monoisotopic (exact) mass is 279 g/mol. The lowest BCUT2D eigenvalue weighted by Gasteiger charge is -2.06. The maximum Gasteiger partial charge on any atom is 0.335 e. The van der Waals surface area contributed by atoms with Gasteiger partial charge in [0.15, 0.2) is 6.29 Å². The fourth-order valence-electron chi connectivity index (χ4n) is 2.45. The Bertz CT molecular complexity index is 816. The van der Waals surface area contributed by atoms with E-state index < -0.39 is 5.97 Å². The summed E-state index contributed by atoms with van der Waals surface area (Å²) in [6.07, 6.45) is 2.68. The van der Waals surface area contributed by atoms with Crippen LogP contribution >= 0.6 is 0 Å². The summed E-state index contributed by atoms with van der Waals surface area (Å²) in [5.41, 5.74) is 2.90. The third-order valence-electron chi connectivity index (χ3n) is 3.50. The molecule has 0 unspecified atom stereocenters. The van der Waals surface area contributed by atoms with E-state index in [2.05, 4.69) is 0 Å². The molecule has 0 amide bonds. The Balaban J connectivity index is 1.98. The molecular weight excluding hydrogens is 266 g/mol. The average Bonchev–Trinajstić information content (AvgIpc) is 2.86. The molecule has 0 saturated carbocycles. The van der Waals surface area contributed by atoms with Crippen molar-refractivity contribution in [3.63, 3.8) is 0 Å². The summed E-state index contributed by atoms with van der Waals surface area (Å²) in [7, 11) is 0. The van der Waals surface area contributed by atoms with E-state index in [1.165, 1.54) is 0 Å². The van der Waals surface area contributed by atoms with Gasteiger partial charge in [0.05, 0.1) is 5.56 Å². The van der Waals surface area contributed by atoms with E-state index in [1.807, 2.05) is 35.0 Å². The predicted octanol–water partition coefficient (Wildman–Crippen LogP) is 3.20. The number of nitrogens with zero attached hydrogens (tertiary/aromatic N) is 1. The van der Waals surface area contributed by atoms with Gasteiger partial charge in [0.25, 0.3) is 0 Å². The quantitative estimate of drug-likeness (QED) is 0.746. The molecule has 4 heteroatoms. The smallest absolute Gasteiger partial charge is 0.335 e. The highest BCUT2D eigenvalue weighted by Gasteiger charge is 2.08. The van der Waals surface area contributed by atoms with E-state index in [0.717, 1.165) is 22.8 Å². The highest BCUT2D eigenvalue weighted by Crippen LogP contribution is 2.21. The molecule has 1 heterocycles. The van der Waals surface area contributed by atoms with Crippen molar-refractivity contribution in [2.75, 3.05) is 0 Å². The van der Waals surface area contributed by atoms with Crippen molar-refractivity contribution >= 4 is 23.2 Å². The van der Waals surface area contributed by atoms with Gasteiger partial charge in [-0.25, -0.2) is 4.79 Å². The van der Waals surface area contributed by atoms with Crippen LogP contribution in [0.3, 0.4) is 0 Å². The standard InChI is InChI=1S/C17H13NO3/c19-11-14-10-18(16-4-2-1-3-15(14)16)9-12-5-7-13(8-6-12)17(20)21/h1-8,10-11H,9H2,(H,20,21). The number of aromatic carboxylic acids is 1. The number of para-hydroxylation sites is 1. The second-order valence-corrected chi connectivity index (χ2v) is 4.85. The van der Waals surface area contributed by atoms with E-state index in [-0.39, 0.29) is 5.56 Å². The molecular formula is C17H13NO3. The fraction of sp³-hybridized carbons (Fsp3) is 0.0588. The second kappa shape index (κ2) is 5.25. The normalized spacial score (nSPS) is 10.7. The minimum absolute atomic E-state index is 0.268. The zero-order chi connectivity index (χ0) is 14.8. The SMILES string of the molecule is O=Cc1cn(Cc2ccc(C(=O)O)cc2)c2ccccc12. The molecule has 1 N–H and O–H groups in total. The highest BCUT2D eigenvalue weighted by atomic mass is 16.4. The topological polar surface area (TPSA) is 59.3 Å². The highest BCUT2D eigenvalue weighted by molar-refractivity contribution is 5.97. The van der Waals surface area contributed by atoms with Gasteiger partial charge >= 0.3 is 5.97 Å². The number of benzene rings is 2. The fourth-order valence-corrected chi connectivity index (χ4v) is 2.45. The molecule has 3 aromatic rings. The van der Waals surface area contributed by atoms with Gasteiger partial charge < -0.3 is 9.67 Å². The molecule has 0 saturated heterocycles. The number of aromatic nitrogens is 1. The van der Waals surface area contributed by atoms with Crippen LogP contribution < -0.4 is 0 Å². The number of carbonyl (C=O) groups excluding carboxylic acids is 1. The van der Waals surface area contributed by atoms with Crippen molar-refractivity contribution in [2.45, 2.75) is 6.54 Å². The average molecular weight is 279 g/mol. The lowest BCUT2D eigenvalue weighted by Crippen LogP contribution is -2.00. The van der Waals surface area contributed by atoms with Gasteiger partial charge in [0.2, 0.25) is 0 Å². The van der Waals surface area contributed by atoms with E-state index in [4.69, 9.17) is 5.11 Å². The molecule has 0 aliphatic rings. The molecule has 0 radical (unpaired) electrons. The molecule has 0 aliphatic carbocycles. The van der Waals surface area contributed by atoms with Gasteiger partial charge in [-0.05, 0) is 23.8 Å². The van der Waals surface area contributed by atoms with E-state index in [0.29, 0.717) is 12.1 Å². The summed E-state index contributed by atoms with van der Waals surface area (Å²) in [6, 6.07) is 14.5. The van der Waals surface area contributed by atoms with Gasteiger partial charge in [-0.2, -0.15) is 0 Å². The lowest BCUT2D eigenvalue weighted by molar-refractivity contribution is 0.0696. The summed E-state index contributed by atoms with van der Waals surface area (Å²) >= 11 is 0. The zero-order valence-electron chi connectivity index (χ0n) is 11.2. The molecule has 0 spiro atoms. The minimum atomic E-state index is -0.934. The molecule has 0 atom stereocenters. The number of carbonyl (C=O) groups is 2. The molecule has 0 aliphatic heterocycles. The number of rotatable bonds is 4. The first-order valence-corrected chi connectivity index (χ1v) is 6.54. The van der Waals surface area contributed by atoms with E-state index in [9.17, 15) is 9.59 Å². The van der Waals surface area contributed by atoms with Crippen LogP contribution in [-0.4, -0.2) is 21.9 Å². The molecule has 2 aromatic carbocycles. The molecule has 104 valence electrons. The Morgan fingerprint density at radius 2 is 1.81 bits per heavy atom. The maximum atomic E-state index is 11.1. The van der Waals surface area contributed by atoms with E-state index >= 15 is 0 Å². The van der Waals surface area contributed by atoms with Crippen LogP contribution in [0, 0.1) is 0 Å². The summed E-state index contributed by atoms with van der Waals surface area (Å²) in [6.45, 7) is 0.592. The summed E-state index contributed by atoms with van der Waals surface area (Å²) in [4.78, 5) is 22.0. The number of fused-ring (bicyclic) bond motifs is 1. The van der Waals surface area contributed by atoms with Gasteiger partial charge in [-0.1, -0.05) is 30.3 Å². The third kappa shape index (κ3) is 2.43. The minimum Gasteiger partial charge on any atom is -0.478 e. The van der Waals surface area contributed by atoms with Crippen molar-refractivity contribution in [1.29, 1.82) is 0 Å². The van der Waals surface area contributed by atoms with Crippen molar-refractivity contribution in [3.8, 4) is 0 Å². The molecule has 21 heavy (non-hydrogen) atoms. The summed E-state index contributed by atoms with van der Waals surface area (Å²) in [5, 5.41) is 9.82. The molecule has 0 bridgehead atoms. The van der Waals surface area contributed by atoms with Crippen LogP contribution in [0.1, 0.15) is 26.3 Å². The summed E-state index contributed by atoms with van der Waals surface area (Å²) < 4.78 is 1.99. The first-order valence-electron chi connectivity index (χ1n) is 6.54. The van der Waals surface area contributed by atoms with Gasteiger partial charge in [0.1, 0.15) is 0 Å². The van der Waals surface area contributed by atoms with E-state index in [1.54, 1.807) is 24.3 Å². The molecule has 4 nitrogen and oxygen atoms in total. The van der Waals surface area contributed by atoms with Crippen molar-refractivity contribution in [1.82, 2.24) is 4.57 Å². The Hall–Kier alpha value is -2.88. The van der Waals surface area contributed by atoms with Crippen molar-refractivity contribution in [2.24, 2.45) is 0 Å². The van der Waals surface area contributed by atoms with Crippen molar-refractivity contribution < 1.29 is 14.7 Å². The lowest BCUT2D eigenvalue weighted by atomic mass is 10.1. The zero-order valence-corrected chi connectivity index (χ0v) is 11.2. The van der Waals surface area contributed by atoms with Crippen LogP contribution in [0.5, 0.6) is 0 Å². The van der Waals surface area contributed by atoms with Crippen LogP contribution in [0.4, 0.5) is 0 Å². The largest absolute Gasteiger partial charge is 0.478 e. The molecule has 3 rings (SSSR count). The first kappa shape index (κ1) is 13.1. The van der Waals surface area contributed by atoms with Crippen LogP contribution in [0.25, 0.3) is 10.9 Å². The number of carboxylic acids is 1. The van der Waals surface area contributed by atoms with Crippen LogP contribution in [-0.2, 0) is 6.54 Å². The number of aldehydes is 1. The molecule has 0 fully saturated rings. The Morgan fingerprint density at radius 3 is 2.48 bits per heavy atom. The molecule has 1 aromatic heterocycles. The maximum absolute atomic E-state index is 11.1. The van der Waals surface area contributed by atoms with Crippen LogP contribution in [0.15, 0.2) is 54.7 Å². The predicted molar refractivity (Wildman–Crippen MR) is 79.8 cm³/mol. The summed E-state index contributed by atoms with van der Waals surface area (Å²) in [5.74, 6) is -0.934.